The quantitative estimate of drug-likeness (QED) is 0.0262. The van der Waals surface area contributed by atoms with Gasteiger partial charge < -0.3 is 14.2 Å². The van der Waals surface area contributed by atoms with Crippen molar-refractivity contribution >= 4 is 17.9 Å². The van der Waals surface area contributed by atoms with Crippen LogP contribution in [0.4, 0.5) is 0 Å². The minimum absolute atomic E-state index is 0.107. The molecule has 0 spiro atoms. The molecule has 0 radical (unpaired) electrons. The van der Waals surface area contributed by atoms with E-state index in [9.17, 15) is 14.4 Å². The molecule has 0 saturated heterocycles. The lowest BCUT2D eigenvalue weighted by atomic mass is 10.1. The molecule has 72 heavy (non-hydrogen) atoms. The summed E-state index contributed by atoms with van der Waals surface area (Å²) in [5.41, 5.74) is 0. The highest BCUT2D eigenvalue weighted by Gasteiger charge is 2.19. The van der Waals surface area contributed by atoms with Gasteiger partial charge in [-0.15, -0.1) is 0 Å². The predicted octanol–water partition coefficient (Wildman–Crippen LogP) is 19.4. The van der Waals surface area contributed by atoms with Gasteiger partial charge in [0, 0.05) is 19.3 Å². The fourth-order valence-corrected chi connectivity index (χ4v) is 7.07. The number of hydrogen-bond acceptors (Lipinski definition) is 6. The Morgan fingerprint density at radius 1 is 0.292 bits per heavy atom. The molecule has 0 aliphatic rings. The molecule has 0 heterocycles. The van der Waals surface area contributed by atoms with Gasteiger partial charge in [0.25, 0.3) is 0 Å². The molecule has 6 nitrogen and oxygen atoms in total. The summed E-state index contributed by atoms with van der Waals surface area (Å²) in [4.78, 5) is 37.9. The summed E-state index contributed by atoms with van der Waals surface area (Å²) in [6.07, 6.45) is 85.5. The Morgan fingerprint density at radius 3 is 0.861 bits per heavy atom. The fourth-order valence-electron chi connectivity index (χ4n) is 7.07. The number of carbonyl (C=O) groups is 3. The zero-order valence-electron chi connectivity index (χ0n) is 45.9. The molecule has 0 aromatic carbocycles. The van der Waals surface area contributed by atoms with Crippen LogP contribution in [0.3, 0.4) is 0 Å². The second-order valence-electron chi connectivity index (χ2n) is 18.1. The van der Waals surface area contributed by atoms with Crippen molar-refractivity contribution in [1.82, 2.24) is 0 Å². The van der Waals surface area contributed by atoms with E-state index in [-0.39, 0.29) is 37.5 Å². The third-order valence-corrected chi connectivity index (χ3v) is 11.3. The van der Waals surface area contributed by atoms with E-state index < -0.39 is 6.10 Å². The van der Waals surface area contributed by atoms with Crippen LogP contribution in [-0.4, -0.2) is 37.2 Å². The van der Waals surface area contributed by atoms with Gasteiger partial charge in [-0.3, -0.25) is 14.4 Å². The van der Waals surface area contributed by atoms with Gasteiger partial charge in [-0.05, 0) is 128 Å². The standard InChI is InChI=1S/C66H102O6/c1-4-7-10-13-16-18-20-22-24-26-28-30-32-33-35-36-38-40-42-44-46-48-50-53-56-59-65(68)71-62-63(61-70-64(67)58-55-52-15-12-9-6-3)72-66(69)60-57-54-51-49-47-45-43-41-39-37-34-31-29-27-25-23-21-19-17-14-11-8-5-2/h7-8,10-11,16-19,22-25,28-31,33,35,37-40,43-46,63H,4-6,9,12-15,20-21,26-27,32,34,36,41-42,47-62H2,1-3H3/b10-7-,11-8-,18-16-,19-17-,24-22-,25-23-,30-28-,31-29-,35-33-,39-37-,40-38-,45-43-,46-44-. The topological polar surface area (TPSA) is 78.9 Å². The van der Waals surface area contributed by atoms with Gasteiger partial charge in [0.15, 0.2) is 6.10 Å². The molecule has 0 fully saturated rings. The third-order valence-electron chi connectivity index (χ3n) is 11.3. The van der Waals surface area contributed by atoms with Crippen LogP contribution in [0.5, 0.6) is 0 Å². The molecule has 402 valence electrons. The van der Waals surface area contributed by atoms with Crippen LogP contribution in [0, 0.1) is 0 Å². The molecule has 1 atom stereocenters. The van der Waals surface area contributed by atoms with E-state index in [0.29, 0.717) is 12.8 Å². The Hall–Kier alpha value is -4.97. The highest BCUT2D eigenvalue weighted by Crippen LogP contribution is 2.12. The van der Waals surface area contributed by atoms with Crippen LogP contribution >= 0.6 is 0 Å². The van der Waals surface area contributed by atoms with Crippen molar-refractivity contribution in [2.24, 2.45) is 0 Å². The molecule has 0 aromatic heterocycles. The molecule has 0 amide bonds. The maximum Gasteiger partial charge on any atom is 0.306 e. The summed E-state index contributed by atoms with van der Waals surface area (Å²) in [6, 6.07) is 0. The maximum absolute atomic E-state index is 12.8. The molecule has 0 rings (SSSR count). The molecule has 0 aliphatic heterocycles. The Morgan fingerprint density at radius 2 is 0.542 bits per heavy atom. The summed E-state index contributed by atoms with van der Waals surface area (Å²) < 4.78 is 16.7. The van der Waals surface area contributed by atoms with Crippen molar-refractivity contribution in [3.05, 3.63) is 158 Å². The minimum atomic E-state index is -0.811. The molecule has 0 bridgehead atoms. The number of hydrogen-bond donors (Lipinski definition) is 0. The van der Waals surface area contributed by atoms with Crippen LogP contribution in [-0.2, 0) is 28.6 Å². The van der Waals surface area contributed by atoms with Crippen LogP contribution in [0.25, 0.3) is 0 Å². The highest BCUT2D eigenvalue weighted by atomic mass is 16.6. The summed E-state index contributed by atoms with van der Waals surface area (Å²) in [5.74, 6) is -0.986. The van der Waals surface area contributed by atoms with Crippen molar-refractivity contribution in [3.8, 4) is 0 Å². The molecule has 1 unspecified atom stereocenters. The fraction of sp³-hybridized carbons (Fsp3) is 0.561. The maximum atomic E-state index is 12.8. The molecular weight excluding hydrogens is 889 g/mol. The first-order valence-corrected chi connectivity index (χ1v) is 28.5. The Balaban J connectivity index is 4.34. The van der Waals surface area contributed by atoms with Gasteiger partial charge in [0.05, 0.1) is 0 Å². The lowest BCUT2D eigenvalue weighted by molar-refractivity contribution is -0.167. The summed E-state index contributed by atoms with van der Waals surface area (Å²) >= 11 is 0. The Bertz CT molecular complexity index is 1660. The predicted molar refractivity (Wildman–Crippen MR) is 311 cm³/mol. The van der Waals surface area contributed by atoms with E-state index >= 15 is 0 Å². The third kappa shape index (κ3) is 56.0. The second-order valence-corrected chi connectivity index (χ2v) is 18.1. The number of unbranched alkanes of at least 4 members (excludes halogenated alkanes) is 12. The largest absolute Gasteiger partial charge is 0.462 e. The lowest BCUT2D eigenvalue weighted by Crippen LogP contribution is -2.30. The number of esters is 3. The van der Waals surface area contributed by atoms with Crippen LogP contribution in [0.15, 0.2) is 158 Å². The molecule has 0 aromatic rings. The summed E-state index contributed by atoms with van der Waals surface area (Å²) in [6.45, 7) is 6.28. The Labute approximate surface area is 441 Å². The molecule has 6 heteroatoms. The molecular formula is C66H102O6. The average molecular weight is 992 g/mol. The Kier molecular flexibility index (Phi) is 54.6. The summed E-state index contributed by atoms with van der Waals surface area (Å²) in [5, 5.41) is 0. The summed E-state index contributed by atoms with van der Waals surface area (Å²) in [7, 11) is 0. The minimum Gasteiger partial charge on any atom is -0.462 e. The first-order valence-electron chi connectivity index (χ1n) is 28.5. The number of allylic oxidation sites excluding steroid dienone is 26. The van der Waals surface area contributed by atoms with E-state index in [1.807, 2.05) is 0 Å². The van der Waals surface area contributed by atoms with E-state index in [2.05, 4.69) is 179 Å². The van der Waals surface area contributed by atoms with Gasteiger partial charge in [-0.2, -0.15) is 0 Å². The van der Waals surface area contributed by atoms with E-state index in [0.717, 1.165) is 161 Å². The van der Waals surface area contributed by atoms with Gasteiger partial charge in [0.2, 0.25) is 0 Å². The van der Waals surface area contributed by atoms with Crippen molar-refractivity contribution in [2.45, 2.75) is 226 Å². The normalized spacial score (nSPS) is 13.3. The zero-order chi connectivity index (χ0) is 52.2. The lowest BCUT2D eigenvalue weighted by Gasteiger charge is -2.18. The molecule has 0 N–H and O–H groups in total. The number of ether oxygens (including phenoxy) is 3. The van der Waals surface area contributed by atoms with Crippen LogP contribution in [0.1, 0.15) is 220 Å². The van der Waals surface area contributed by atoms with E-state index in [4.69, 9.17) is 14.2 Å². The van der Waals surface area contributed by atoms with Crippen molar-refractivity contribution in [1.29, 1.82) is 0 Å². The van der Waals surface area contributed by atoms with Crippen LogP contribution < -0.4 is 0 Å². The van der Waals surface area contributed by atoms with Gasteiger partial charge >= 0.3 is 17.9 Å². The zero-order valence-corrected chi connectivity index (χ0v) is 45.9. The molecule has 0 aliphatic carbocycles. The number of carbonyl (C=O) groups excluding carboxylic acids is 3. The van der Waals surface area contributed by atoms with Gasteiger partial charge in [-0.1, -0.05) is 230 Å². The monoisotopic (exact) mass is 991 g/mol. The number of rotatable bonds is 49. The van der Waals surface area contributed by atoms with E-state index in [1.165, 1.54) is 19.3 Å². The van der Waals surface area contributed by atoms with Crippen molar-refractivity contribution in [3.63, 3.8) is 0 Å². The average Bonchev–Trinajstić information content (AvgIpc) is 3.38. The first-order chi connectivity index (χ1) is 35.5. The SMILES string of the molecule is CC/C=C\C/C=C\C/C=C\C/C=C\C/C=C\C/C=C\C/C=C\CCCCCC(=O)OCC(COC(=O)CCCCCCCC)OC(=O)CCCCCC/C=C\C/C=C\C/C=C\C/C=C\C/C=C\C/C=C\CC. The second kappa shape index (κ2) is 58.6. The van der Waals surface area contributed by atoms with Crippen LogP contribution in [0.2, 0.25) is 0 Å². The van der Waals surface area contributed by atoms with Crippen molar-refractivity contribution in [2.75, 3.05) is 13.2 Å². The first kappa shape index (κ1) is 67.0. The van der Waals surface area contributed by atoms with Gasteiger partial charge in [-0.25, -0.2) is 0 Å². The van der Waals surface area contributed by atoms with Crippen molar-refractivity contribution < 1.29 is 28.6 Å². The van der Waals surface area contributed by atoms with E-state index in [1.54, 1.807) is 0 Å². The highest BCUT2D eigenvalue weighted by molar-refractivity contribution is 5.71. The van der Waals surface area contributed by atoms with Gasteiger partial charge in [0.1, 0.15) is 13.2 Å². The smallest absolute Gasteiger partial charge is 0.306 e. The molecule has 0 saturated carbocycles.